The quantitative estimate of drug-likeness (QED) is 0.289. The Bertz CT molecular complexity index is 1660. The summed E-state index contributed by atoms with van der Waals surface area (Å²) in [5.41, 5.74) is 2.82. The van der Waals surface area contributed by atoms with Crippen LogP contribution in [-0.4, -0.2) is 38.6 Å². The number of hydrogen-bond acceptors (Lipinski definition) is 6. The average molecular weight is 531 g/mol. The van der Waals surface area contributed by atoms with E-state index in [4.69, 9.17) is 9.72 Å². The predicted octanol–water partition coefficient (Wildman–Crippen LogP) is 5.38. The molecule has 1 atom stereocenters. The number of hydrogen-bond donors (Lipinski definition) is 1. The maximum absolute atomic E-state index is 13.4. The summed E-state index contributed by atoms with van der Waals surface area (Å²) in [6.07, 6.45) is 7.56. The standard InChI is InChI=1S/C29H30N4O4S/c34-26(20-37-19-21-10-4-1-5-11-21)29-31-25-18-30-28-24(27(25)33(29)22-12-6-2-7-13-22)16-17-32(28)38(35,36)23-14-8-3-9-15-23/h1,3-5,8-11,14-18,22,26,34H,2,6-7,12-13,19-20H2. The molecule has 0 spiro atoms. The van der Waals surface area contributed by atoms with Crippen molar-refractivity contribution in [2.45, 2.75) is 55.8 Å². The summed E-state index contributed by atoms with van der Waals surface area (Å²) in [7, 11) is -3.82. The molecule has 0 radical (unpaired) electrons. The molecule has 0 aliphatic heterocycles. The number of rotatable bonds is 8. The molecule has 1 N–H and O–H groups in total. The van der Waals surface area contributed by atoms with Crippen molar-refractivity contribution in [1.82, 2.24) is 18.5 Å². The number of benzene rings is 2. The van der Waals surface area contributed by atoms with Crippen LogP contribution in [0, 0.1) is 0 Å². The smallest absolute Gasteiger partial charge is 0.269 e. The van der Waals surface area contributed by atoms with Crippen LogP contribution in [0.4, 0.5) is 0 Å². The molecule has 1 aliphatic rings. The van der Waals surface area contributed by atoms with Gasteiger partial charge in [0.1, 0.15) is 17.4 Å². The molecular weight excluding hydrogens is 500 g/mol. The van der Waals surface area contributed by atoms with E-state index in [1.165, 1.54) is 10.4 Å². The highest BCUT2D eigenvalue weighted by Gasteiger charge is 2.28. The van der Waals surface area contributed by atoms with Crippen LogP contribution in [0.15, 0.2) is 84.0 Å². The van der Waals surface area contributed by atoms with Crippen molar-refractivity contribution in [3.8, 4) is 0 Å². The summed E-state index contributed by atoms with van der Waals surface area (Å²) in [6, 6.07) is 20.1. The molecule has 5 aromatic rings. The van der Waals surface area contributed by atoms with Crippen molar-refractivity contribution in [2.75, 3.05) is 6.61 Å². The Labute approximate surface area is 221 Å². The van der Waals surface area contributed by atoms with Gasteiger partial charge in [-0.05, 0) is 36.6 Å². The molecule has 1 unspecified atom stereocenters. The van der Waals surface area contributed by atoms with Gasteiger partial charge in [0.25, 0.3) is 10.0 Å². The highest BCUT2D eigenvalue weighted by Crippen LogP contribution is 2.37. The molecule has 0 amide bonds. The van der Waals surface area contributed by atoms with Crippen LogP contribution in [0.1, 0.15) is 55.6 Å². The van der Waals surface area contributed by atoms with E-state index in [0.717, 1.165) is 36.8 Å². The zero-order chi connectivity index (χ0) is 26.1. The van der Waals surface area contributed by atoms with Crippen LogP contribution in [0.25, 0.3) is 22.1 Å². The fraction of sp³-hybridized carbons (Fsp3) is 0.310. The summed E-state index contributed by atoms with van der Waals surface area (Å²) >= 11 is 0. The lowest BCUT2D eigenvalue weighted by atomic mass is 9.95. The molecule has 9 heteroatoms. The van der Waals surface area contributed by atoms with Gasteiger partial charge >= 0.3 is 0 Å². The van der Waals surface area contributed by atoms with Crippen LogP contribution in [0.3, 0.4) is 0 Å². The number of ether oxygens (including phenoxy) is 1. The normalized spacial score (nSPS) is 15.8. The minimum absolute atomic E-state index is 0.102. The largest absolute Gasteiger partial charge is 0.383 e. The number of aliphatic hydroxyl groups excluding tert-OH is 1. The molecular formula is C29H30N4O4S. The third kappa shape index (κ3) is 4.51. The van der Waals surface area contributed by atoms with Gasteiger partial charge in [-0.3, -0.25) is 0 Å². The van der Waals surface area contributed by atoms with Crippen LogP contribution in [-0.2, 0) is 21.4 Å². The van der Waals surface area contributed by atoms with Gasteiger partial charge in [-0.2, -0.15) is 0 Å². The van der Waals surface area contributed by atoms with Gasteiger partial charge < -0.3 is 14.4 Å². The second-order valence-corrected chi connectivity index (χ2v) is 11.6. The van der Waals surface area contributed by atoms with E-state index in [9.17, 15) is 13.5 Å². The number of nitrogens with zero attached hydrogens (tertiary/aromatic N) is 4. The van der Waals surface area contributed by atoms with Gasteiger partial charge in [0.2, 0.25) is 0 Å². The Morgan fingerprint density at radius 3 is 2.42 bits per heavy atom. The highest BCUT2D eigenvalue weighted by molar-refractivity contribution is 7.90. The maximum atomic E-state index is 13.4. The SMILES string of the molecule is O=S(=O)(c1ccccc1)n1ccc2c1ncc1nc(C(O)COCc3ccccc3)n(C3CCCCC3)c12. The molecule has 1 saturated carbocycles. The van der Waals surface area contributed by atoms with Crippen molar-refractivity contribution in [1.29, 1.82) is 0 Å². The average Bonchev–Trinajstić information content (AvgIpc) is 3.57. The molecule has 1 aliphatic carbocycles. The lowest BCUT2D eigenvalue weighted by Gasteiger charge is -2.27. The van der Waals surface area contributed by atoms with Crippen LogP contribution in [0.5, 0.6) is 0 Å². The first-order valence-electron chi connectivity index (χ1n) is 13.0. The van der Waals surface area contributed by atoms with E-state index >= 15 is 0 Å². The summed E-state index contributed by atoms with van der Waals surface area (Å²) in [6.45, 7) is 0.498. The van der Waals surface area contributed by atoms with E-state index in [-0.39, 0.29) is 17.5 Å². The Morgan fingerprint density at radius 2 is 1.68 bits per heavy atom. The monoisotopic (exact) mass is 530 g/mol. The zero-order valence-electron chi connectivity index (χ0n) is 21.0. The minimum atomic E-state index is -3.82. The van der Waals surface area contributed by atoms with E-state index in [2.05, 4.69) is 9.55 Å². The fourth-order valence-electron chi connectivity index (χ4n) is 5.45. The first-order valence-corrected chi connectivity index (χ1v) is 14.5. The zero-order valence-corrected chi connectivity index (χ0v) is 21.8. The van der Waals surface area contributed by atoms with E-state index < -0.39 is 16.1 Å². The summed E-state index contributed by atoms with van der Waals surface area (Å²) < 4.78 is 36.1. The number of fused-ring (bicyclic) bond motifs is 3. The van der Waals surface area contributed by atoms with Gasteiger partial charge in [0.05, 0.1) is 29.8 Å². The van der Waals surface area contributed by atoms with Gasteiger partial charge in [-0.25, -0.2) is 22.4 Å². The molecule has 1 fully saturated rings. The molecule has 38 heavy (non-hydrogen) atoms. The van der Waals surface area contributed by atoms with E-state index in [1.54, 1.807) is 48.8 Å². The molecule has 8 nitrogen and oxygen atoms in total. The third-order valence-electron chi connectivity index (χ3n) is 7.28. The summed E-state index contributed by atoms with van der Waals surface area (Å²) in [5, 5.41) is 11.9. The van der Waals surface area contributed by atoms with Crippen LogP contribution >= 0.6 is 0 Å². The van der Waals surface area contributed by atoms with Crippen molar-refractivity contribution in [2.24, 2.45) is 0 Å². The number of aliphatic hydroxyl groups is 1. The van der Waals surface area contributed by atoms with Crippen molar-refractivity contribution in [3.05, 3.63) is 90.5 Å². The molecule has 196 valence electrons. The van der Waals surface area contributed by atoms with Gasteiger partial charge in [-0.1, -0.05) is 67.8 Å². The maximum Gasteiger partial charge on any atom is 0.269 e. The summed E-state index contributed by atoms with van der Waals surface area (Å²) in [5.74, 6) is 0.535. The Morgan fingerprint density at radius 1 is 0.974 bits per heavy atom. The Hall–Kier alpha value is -3.53. The van der Waals surface area contributed by atoms with Gasteiger partial charge in [-0.15, -0.1) is 0 Å². The Kier molecular flexibility index (Phi) is 6.73. The lowest BCUT2D eigenvalue weighted by Crippen LogP contribution is -2.20. The number of imidazole rings is 1. The highest BCUT2D eigenvalue weighted by atomic mass is 32.2. The van der Waals surface area contributed by atoms with Crippen LogP contribution in [0.2, 0.25) is 0 Å². The van der Waals surface area contributed by atoms with Crippen molar-refractivity contribution in [3.63, 3.8) is 0 Å². The molecule has 3 heterocycles. The third-order valence-corrected chi connectivity index (χ3v) is 8.96. The lowest BCUT2D eigenvalue weighted by molar-refractivity contribution is 0.0210. The molecule has 0 saturated heterocycles. The number of aromatic nitrogens is 4. The second-order valence-electron chi connectivity index (χ2n) is 9.81. The number of pyridine rings is 1. The topological polar surface area (TPSA) is 99.2 Å². The van der Waals surface area contributed by atoms with Gasteiger partial charge in [0, 0.05) is 17.6 Å². The van der Waals surface area contributed by atoms with Crippen molar-refractivity contribution < 1.29 is 18.3 Å². The summed E-state index contributed by atoms with van der Waals surface area (Å²) in [4.78, 5) is 9.52. The van der Waals surface area contributed by atoms with Gasteiger partial charge in [0.15, 0.2) is 5.65 Å². The Balaban J connectivity index is 1.42. The molecule has 2 aromatic carbocycles. The predicted molar refractivity (Wildman–Crippen MR) is 145 cm³/mol. The second kappa shape index (κ2) is 10.3. The van der Waals surface area contributed by atoms with Crippen LogP contribution < -0.4 is 0 Å². The van der Waals surface area contributed by atoms with Crippen molar-refractivity contribution >= 4 is 32.1 Å². The first kappa shape index (κ1) is 24.8. The fourth-order valence-corrected chi connectivity index (χ4v) is 6.77. The molecule has 0 bridgehead atoms. The van der Waals surface area contributed by atoms with E-state index in [0.29, 0.717) is 29.0 Å². The molecule has 6 rings (SSSR count). The molecule has 3 aromatic heterocycles. The van der Waals surface area contributed by atoms with E-state index in [1.807, 2.05) is 30.3 Å². The first-order chi connectivity index (χ1) is 18.5. The minimum Gasteiger partial charge on any atom is -0.383 e.